The highest BCUT2D eigenvalue weighted by Gasteiger charge is 2.27. The molecule has 1 heterocycles. The van der Waals surface area contributed by atoms with Crippen LogP contribution in [-0.4, -0.2) is 40.5 Å². The Morgan fingerprint density at radius 2 is 2.12 bits per heavy atom. The maximum absolute atomic E-state index is 4.46. The number of likely N-dealkylation sites (N-methyl/N-ethyl adjacent to an activating group) is 1. The lowest BCUT2D eigenvalue weighted by Crippen LogP contribution is -2.31. The number of anilines is 1. The van der Waals surface area contributed by atoms with Crippen molar-refractivity contribution >= 4 is 5.82 Å². The van der Waals surface area contributed by atoms with Crippen molar-refractivity contribution in [3.63, 3.8) is 0 Å². The van der Waals surface area contributed by atoms with Crippen LogP contribution < -0.4 is 5.32 Å². The molecule has 0 atom stereocenters. The zero-order valence-electron chi connectivity index (χ0n) is 11.0. The number of aromatic nitrogens is 2. The van der Waals surface area contributed by atoms with Crippen LogP contribution in [0.2, 0.25) is 0 Å². The number of nitrogens with one attached hydrogen (secondary N) is 1. The topological polar surface area (TPSA) is 41.0 Å². The van der Waals surface area contributed by atoms with Crippen LogP contribution in [0.25, 0.3) is 0 Å². The van der Waals surface area contributed by atoms with Crippen molar-refractivity contribution in [2.75, 3.05) is 25.0 Å². The third-order valence-corrected chi connectivity index (χ3v) is 3.37. The van der Waals surface area contributed by atoms with E-state index in [1.54, 1.807) is 0 Å². The van der Waals surface area contributed by atoms with Gasteiger partial charge in [0.15, 0.2) is 0 Å². The molecule has 0 spiro atoms. The van der Waals surface area contributed by atoms with Crippen LogP contribution in [0.3, 0.4) is 0 Å². The van der Waals surface area contributed by atoms with Gasteiger partial charge in [-0.25, -0.2) is 4.98 Å². The van der Waals surface area contributed by atoms with Gasteiger partial charge in [0.1, 0.15) is 5.82 Å². The fourth-order valence-electron chi connectivity index (χ4n) is 1.99. The molecule has 4 nitrogen and oxygen atoms in total. The van der Waals surface area contributed by atoms with Crippen molar-refractivity contribution < 1.29 is 0 Å². The SMILES string of the molecule is CCN(CCNc1cnc(C)c(C)n1)C1CC1. The first-order valence-corrected chi connectivity index (χ1v) is 6.49. The molecule has 1 aromatic heterocycles. The number of aryl methyl sites for hydroxylation is 2. The molecule has 0 unspecified atom stereocenters. The van der Waals surface area contributed by atoms with Gasteiger partial charge in [-0.15, -0.1) is 0 Å². The molecule has 4 heteroatoms. The third kappa shape index (κ3) is 3.40. The maximum Gasteiger partial charge on any atom is 0.144 e. The van der Waals surface area contributed by atoms with Crippen molar-refractivity contribution in [3.05, 3.63) is 17.6 Å². The average Bonchev–Trinajstić information content (AvgIpc) is 3.13. The first kappa shape index (κ1) is 12.3. The molecule has 17 heavy (non-hydrogen) atoms. The Bertz CT molecular complexity index is 374. The van der Waals surface area contributed by atoms with Crippen LogP contribution in [0.15, 0.2) is 6.20 Å². The minimum absolute atomic E-state index is 0.840. The minimum atomic E-state index is 0.840. The molecule has 1 saturated carbocycles. The fourth-order valence-corrected chi connectivity index (χ4v) is 1.99. The number of hydrogen-bond acceptors (Lipinski definition) is 4. The van der Waals surface area contributed by atoms with Gasteiger partial charge in [-0.05, 0) is 33.2 Å². The van der Waals surface area contributed by atoms with Gasteiger partial charge in [-0.2, -0.15) is 0 Å². The molecule has 1 fully saturated rings. The maximum atomic E-state index is 4.46. The van der Waals surface area contributed by atoms with E-state index in [9.17, 15) is 0 Å². The molecule has 1 aliphatic rings. The quantitative estimate of drug-likeness (QED) is 0.817. The van der Waals surface area contributed by atoms with Crippen molar-refractivity contribution in [3.8, 4) is 0 Å². The lowest BCUT2D eigenvalue weighted by molar-refractivity contribution is 0.289. The van der Waals surface area contributed by atoms with Crippen LogP contribution in [0, 0.1) is 13.8 Å². The summed E-state index contributed by atoms with van der Waals surface area (Å²) in [5.41, 5.74) is 2.01. The summed E-state index contributed by atoms with van der Waals surface area (Å²) in [6.45, 7) is 9.39. The molecule has 0 aromatic carbocycles. The van der Waals surface area contributed by atoms with E-state index in [0.717, 1.165) is 42.9 Å². The minimum Gasteiger partial charge on any atom is -0.368 e. The summed E-state index contributed by atoms with van der Waals surface area (Å²) in [7, 11) is 0. The van der Waals surface area contributed by atoms with Gasteiger partial charge in [0.25, 0.3) is 0 Å². The summed E-state index contributed by atoms with van der Waals surface area (Å²) < 4.78 is 0. The molecule has 94 valence electrons. The Morgan fingerprint density at radius 3 is 2.71 bits per heavy atom. The van der Waals surface area contributed by atoms with Crippen molar-refractivity contribution in [1.29, 1.82) is 0 Å². The predicted molar refractivity (Wildman–Crippen MR) is 70.3 cm³/mol. The molecule has 0 radical (unpaired) electrons. The van der Waals surface area contributed by atoms with E-state index in [4.69, 9.17) is 0 Å². The molecule has 1 aliphatic carbocycles. The van der Waals surface area contributed by atoms with Gasteiger partial charge in [-0.3, -0.25) is 9.88 Å². The summed E-state index contributed by atoms with van der Waals surface area (Å²) >= 11 is 0. The molecule has 0 amide bonds. The predicted octanol–water partition coefficient (Wildman–Crippen LogP) is 1.99. The summed E-state index contributed by atoms with van der Waals surface area (Å²) in [5.74, 6) is 0.889. The number of rotatable bonds is 6. The molecule has 0 aliphatic heterocycles. The van der Waals surface area contributed by atoms with E-state index >= 15 is 0 Å². The highest BCUT2D eigenvalue weighted by atomic mass is 15.2. The van der Waals surface area contributed by atoms with Gasteiger partial charge in [-0.1, -0.05) is 6.92 Å². The molecular formula is C13H22N4. The second kappa shape index (κ2) is 5.45. The first-order valence-electron chi connectivity index (χ1n) is 6.49. The second-order valence-electron chi connectivity index (χ2n) is 4.71. The zero-order chi connectivity index (χ0) is 12.3. The highest BCUT2D eigenvalue weighted by molar-refractivity contribution is 5.33. The Balaban J connectivity index is 1.78. The van der Waals surface area contributed by atoms with Crippen molar-refractivity contribution in [2.45, 2.75) is 39.7 Å². The van der Waals surface area contributed by atoms with Crippen LogP contribution in [0.4, 0.5) is 5.82 Å². The first-order chi connectivity index (χ1) is 8.20. The van der Waals surface area contributed by atoms with Gasteiger partial charge in [0.2, 0.25) is 0 Å². The van der Waals surface area contributed by atoms with Gasteiger partial charge < -0.3 is 5.32 Å². The number of hydrogen-bond donors (Lipinski definition) is 1. The van der Waals surface area contributed by atoms with E-state index in [-0.39, 0.29) is 0 Å². The van der Waals surface area contributed by atoms with E-state index < -0.39 is 0 Å². The van der Waals surface area contributed by atoms with Crippen molar-refractivity contribution in [1.82, 2.24) is 14.9 Å². The second-order valence-corrected chi connectivity index (χ2v) is 4.71. The molecule has 1 N–H and O–H groups in total. The highest BCUT2D eigenvalue weighted by Crippen LogP contribution is 2.25. The molecule has 0 bridgehead atoms. The Hall–Kier alpha value is -1.16. The lowest BCUT2D eigenvalue weighted by Gasteiger charge is -2.19. The fraction of sp³-hybridized carbons (Fsp3) is 0.692. The van der Waals surface area contributed by atoms with Crippen molar-refractivity contribution in [2.24, 2.45) is 0 Å². The standard InChI is InChI=1S/C13H22N4/c1-4-17(12-5-6-12)8-7-14-13-9-15-10(2)11(3)16-13/h9,12H,4-8H2,1-3H3,(H,14,16). The molecule has 2 rings (SSSR count). The van der Waals surface area contributed by atoms with Gasteiger partial charge >= 0.3 is 0 Å². The van der Waals surface area contributed by atoms with Crippen LogP contribution >= 0.6 is 0 Å². The Labute approximate surface area is 103 Å². The average molecular weight is 234 g/mol. The number of nitrogens with zero attached hydrogens (tertiary/aromatic N) is 3. The van der Waals surface area contributed by atoms with Crippen LogP contribution in [-0.2, 0) is 0 Å². The normalized spacial score (nSPS) is 15.3. The summed E-state index contributed by atoms with van der Waals surface area (Å²) in [6, 6.07) is 0.840. The van der Waals surface area contributed by atoms with Crippen LogP contribution in [0.1, 0.15) is 31.2 Å². The summed E-state index contributed by atoms with van der Waals surface area (Å²) in [4.78, 5) is 11.3. The van der Waals surface area contributed by atoms with Gasteiger partial charge in [0.05, 0.1) is 17.6 Å². The molecule has 1 aromatic rings. The third-order valence-electron chi connectivity index (χ3n) is 3.37. The van der Waals surface area contributed by atoms with E-state index in [1.165, 1.54) is 12.8 Å². The lowest BCUT2D eigenvalue weighted by atomic mass is 10.3. The van der Waals surface area contributed by atoms with E-state index in [1.807, 2.05) is 20.0 Å². The summed E-state index contributed by atoms with van der Waals surface area (Å²) in [5, 5.41) is 3.34. The molecular weight excluding hydrogens is 212 g/mol. The molecule has 0 saturated heterocycles. The monoisotopic (exact) mass is 234 g/mol. The Morgan fingerprint density at radius 1 is 1.35 bits per heavy atom. The van der Waals surface area contributed by atoms with Gasteiger partial charge in [0, 0.05) is 19.1 Å². The van der Waals surface area contributed by atoms with Crippen LogP contribution in [0.5, 0.6) is 0 Å². The van der Waals surface area contributed by atoms with E-state index in [0.29, 0.717) is 0 Å². The summed E-state index contributed by atoms with van der Waals surface area (Å²) in [6.07, 6.45) is 4.56. The largest absolute Gasteiger partial charge is 0.368 e. The zero-order valence-corrected chi connectivity index (χ0v) is 11.0. The van der Waals surface area contributed by atoms with E-state index in [2.05, 4.69) is 27.1 Å². The smallest absolute Gasteiger partial charge is 0.144 e. The Kier molecular flexibility index (Phi) is 3.94.